The molecule has 2 aliphatic rings. The molecule has 3 rings (SSSR count). The van der Waals surface area contributed by atoms with Crippen molar-refractivity contribution < 1.29 is 19.1 Å². The number of rotatable bonds is 9. The Morgan fingerprint density at radius 2 is 2.17 bits per heavy atom. The van der Waals surface area contributed by atoms with Gasteiger partial charge in [0.1, 0.15) is 0 Å². The topological polar surface area (TPSA) is 106 Å². The molecule has 1 aliphatic heterocycles. The van der Waals surface area contributed by atoms with E-state index in [1.54, 1.807) is 15.8 Å². The number of carbonyl (C=O) groups is 3. The fourth-order valence-corrected chi connectivity index (χ4v) is 4.20. The summed E-state index contributed by atoms with van der Waals surface area (Å²) in [7, 11) is 1.84. The molecule has 3 atom stereocenters. The van der Waals surface area contributed by atoms with Crippen LogP contribution in [0.3, 0.4) is 0 Å². The average Bonchev–Trinajstić information content (AvgIpc) is 3.33. The van der Waals surface area contributed by atoms with E-state index in [2.05, 4.69) is 15.7 Å². The average molecular weight is 420 g/mol. The van der Waals surface area contributed by atoms with Gasteiger partial charge in [0.25, 0.3) is 0 Å². The molecule has 0 spiro atoms. The predicted octanol–water partition coefficient (Wildman–Crippen LogP) is 0.739. The standard InChI is InChI=1S/C21H33N5O4/c1-3-9-30-18-7-6-16(21(29)22-11-15-12-23-25(2)13-15)10-17(18)24-19(27)14-26-8-4-5-20(26)28/h12-13,16-18H,3-11,14H2,1-2H3,(H,22,29)(H,24,27)/t16-,17+,18+/m0/s1. The van der Waals surface area contributed by atoms with Crippen molar-refractivity contribution in [1.82, 2.24) is 25.3 Å². The Morgan fingerprint density at radius 3 is 2.83 bits per heavy atom. The lowest BCUT2D eigenvalue weighted by Crippen LogP contribution is -2.52. The van der Waals surface area contributed by atoms with Gasteiger partial charge in [-0.2, -0.15) is 5.10 Å². The molecule has 0 aromatic carbocycles. The minimum absolute atomic E-state index is 0.0123. The third kappa shape index (κ3) is 6.04. The zero-order valence-electron chi connectivity index (χ0n) is 17.9. The number of hydrogen-bond donors (Lipinski definition) is 2. The summed E-state index contributed by atoms with van der Waals surface area (Å²) < 4.78 is 7.66. The number of ether oxygens (including phenoxy) is 1. The second kappa shape index (κ2) is 10.6. The second-order valence-corrected chi connectivity index (χ2v) is 8.25. The highest BCUT2D eigenvalue weighted by Crippen LogP contribution is 2.27. The Hall–Kier alpha value is -2.42. The van der Waals surface area contributed by atoms with Crippen LogP contribution in [0.5, 0.6) is 0 Å². The molecule has 1 aromatic rings. The number of nitrogens with one attached hydrogen (secondary N) is 2. The summed E-state index contributed by atoms with van der Waals surface area (Å²) in [4.78, 5) is 38.7. The molecule has 2 fully saturated rings. The molecule has 1 saturated carbocycles. The van der Waals surface area contributed by atoms with Crippen LogP contribution in [0.1, 0.15) is 51.0 Å². The molecule has 1 aliphatic carbocycles. The summed E-state index contributed by atoms with van der Waals surface area (Å²) in [5.41, 5.74) is 0.950. The highest BCUT2D eigenvalue weighted by Gasteiger charge is 2.36. The van der Waals surface area contributed by atoms with E-state index in [0.717, 1.165) is 31.2 Å². The first-order chi connectivity index (χ1) is 14.5. The molecule has 9 heteroatoms. The summed E-state index contributed by atoms with van der Waals surface area (Å²) in [5.74, 6) is -0.347. The number of amides is 3. The van der Waals surface area contributed by atoms with Crippen molar-refractivity contribution in [2.75, 3.05) is 19.7 Å². The van der Waals surface area contributed by atoms with Gasteiger partial charge in [0.2, 0.25) is 17.7 Å². The largest absolute Gasteiger partial charge is 0.376 e. The monoisotopic (exact) mass is 419 g/mol. The molecule has 166 valence electrons. The van der Waals surface area contributed by atoms with Gasteiger partial charge in [-0.15, -0.1) is 0 Å². The van der Waals surface area contributed by atoms with E-state index in [0.29, 0.717) is 32.5 Å². The minimum atomic E-state index is -0.232. The van der Waals surface area contributed by atoms with Gasteiger partial charge in [0.15, 0.2) is 0 Å². The summed E-state index contributed by atoms with van der Waals surface area (Å²) in [6.45, 7) is 3.82. The molecular weight excluding hydrogens is 386 g/mol. The SMILES string of the molecule is CCCO[C@@H]1CC[C@H](C(=O)NCc2cnn(C)c2)C[C@H]1NC(=O)CN1CCCC1=O. The third-order valence-electron chi connectivity index (χ3n) is 5.77. The molecule has 3 amide bonds. The summed E-state index contributed by atoms with van der Waals surface area (Å²) in [6.07, 6.45) is 7.70. The van der Waals surface area contributed by atoms with E-state index in [9.17, 15) is 14.4 Å². The zero-order chi connectivity index (χ0) is 21.5. The first-order valence-electron chi connectivity index (χ1n) is 10.9. The molecule has 1 aromatic heterocycles. The van der Waals surface area contributed by atoms with Gasteiger partial charge < -0.3 is 20.3 Å². The van der Waals surface area contributed by atoms with E-state index in [1.807, 2.05) is 20.2 Å². The third-order valence-corrected chi connectivity index (χ3v) is 5.77. The minimum Gasteiger partial charge on any atom is -0.376 e. The lowest BCUT2D eigenvalue weighted by molar-refractivity contribution is -0.134. The Labute approximate surface area is 177 Å². The Kier molecular flexibility index (Phi) is 7.84. The molecule has 9 nitrogen and oxygen atoms in total. The summed E-state index contributed by atoms with van der Waals surface area (Å²) in [6, 6.07) is -0.232. The van der Waals surface area contributed by atoms with Gasteiger partial charge in [-0.25, -0.2) is 0 Å². The van der Waals surface area contributed by atoms with Crippen LogP contribution >= 0.6 is 0 Å². The first kappa shape index (κ1) is 22.3. The maximum atomic E-state index is 12.7. The number of hydrogen-bond acceptors (Lipinski definition) is 5. The lowest BCUT2D eigenvalue weighted by atomic mass is 9.83. The van der Waals surface area contributed by atoms with Crippen molar-refractivity contribution >= 4 is 17.7 Å². The van der Waals surface area contributed by atoms with Crippen LogP contribution in [0.4, 0.5) is 0 Å². The number of likely N-dealkylation sites (tertiary alicyclic amines) is 1. The smallest absolute Gasteiger partial charge is 0.239 e. The molecule has 0 unspecified atom stereocenters. The molecular formula is C21H33N5O4. The van der Waals surface area contributed by atoms with E-state index in [1.165, 1.54) is 0 Å². The van der Waals surface area contributed by atoms with E-state index in [-0.39, 0.29) is 42.3 Å². The van der Waals surface area contributed by atoms with Crippen LogP contribution in [0, 0.1) is 5.92 Å². The summed E-state index contributed by atoms with van der Waals surface area (Å²) >= 11 is 0. The van der Waals surface area contributed by atoms with Gasteiger partial charge in [-0.1, -0.05) is 6.92 Å². The quantitative estimate of drug-likeness (QED) is 0.614. The van der Waals surface area contributed by atoms with E-state index >= 15 is 0 Å². The molecule has 2 N–H and O–H groups in total. The van der Waals surface area contributed by atoms with Gasteiger partial charge in [0.05, 0.1) is 24.9 Å². The van der Waals surface area contributed by atoms with Crippen molar-refractivity contribution in [2.24, 2.45) is 13.0 Å². The number of aryl methyl sites for hydroxylation is 1. The molecule has 30 heavy (non-hydrogen) atoms. The van der Waals surface area contributed by atoms with Crippen LogP contribution in [0.15, 0.2) is 12.4 Å². The Morgan fingerprint density at radius 1 is 1.33 bits per heavy atom. The van der Waals surface area contributed by atoms with Crippen molar-refractivity contribution in [3.05, 3.63) is 18.0 Å². The zero-order valence-corrected chi connectivity index (χ0v) is 17.9. The van der Waals surface area contributed by atoms with Crippen molar-refractivity contribution in [1.29, 1.82) is 0 Å². The normalized spacial score (nSPS) is 24.1. The first-order valence-corrected chi connectivity index (χ1v) is 10.9. The van der Waals surface area contributed by atoms with E-state index < -0.39 is 0 Å². The Balaban J connectivity index is 1.55. The van der Waals surface area contributed by atoms with Crippen molar-refractivity contribution in [2.45, 2.75) is 64.1 Å². The fraction of sp³-hybridized carbons (Fsp3) is 0.714. The van der Waals surface area contributed by atoms with Crippen LogP contribution in [0.2, 0.25) is 0 Å². The van der Waals surface area contributed by atoms with Gasteiger partial charge in [-0.3, -0.25) is 19.1 Å². The molecule has 0 bridgehead atoms. The molecule has 2 heterocycles. The molecule has 1 saturated heterocycles. The number of aromatic nitrogens is 2. The van der Waals surface area contributed by atoms with Crippen LogP contribution < -0.4 is 10.6 Å². The highest BCUT2D eigenvalue weighted by molar-refractivity contribution is 5.86. The van der Waals surface area contributed by atoms with E-state index in [4.69, 9.17) is 4.74 Å². The number of nitrogens with zero attached hydrogens (tertiary/aromatic N) is 3. The lowest BCUT2D eigenvalue weighted by Gasteiger charge is -2.36. The number of carbonyl (C=O) groups excluding carboxylic acids is 3. The van der Waals surface area contributed by atoms with Crippen molar-refractivity contribution in [3.63, 3.8) is 0 Å². The van der Waals surface area contributed by atoms with Gasteiger partial charge in [-0.05, 0) is 32.1 Å². The van der Waals surface area contributed by atoms with Gasteiger partial charge in [0, 0.05) is 50.8 Å². The summed E-state index contributed by atoms with van der Waals surface area (Å²) in [5, 5.41) is 10.1. The highest BCUT2D eigenvalue weighted by atomic mass is 16.5. The van der Waals surface area contributed by atoms with Crippen LogP contribution in [-0.4, -0.2) is 64.2 Å². The van der Waals surface area contributed by atoms with Crippen LogP contribution in [0.25, 0.3) is 0 Å². The maximum absolute atomic E-state index is 12.7. The second-order valence-electron chi connectivity index (χ2n) is 8.25. The van der Waals surface area contributed by atoms with Gasteiger partial charge >= 0.3 is 0 Å². The predicted molar refractivity (Wildman–Crippen MR) is 110 cm³/mol. The maximum Gasteiger partial charge on any atom is 0.239 e. The van der Waals surface area contributed by atoms with Crippen LogP contribution in [-0.2, 0) is 32.7 Å². The Bertz CT molecular complexity index is 750. The van der Waals surface area contributed by atoms with Crippen molar-refractivity contribution in [3.8, 4) is 0 Å². The fourth-order valence-electron chi connectivity index (χ4n) is 4.20. The molecule has 0 radical (unpaired) electrons.